The van der Waals surface area contributed by atoms with Gasteiger partial charge in [-0.3, -0.25) is 0 Å². The summed E-state index contributed by atoms with van der Waals surface area (Å²) in [6.45, 7) is 3.95. The second-order valence-electron chi connectivity index (χ2n) is 4.75. The molecule has 4 nitrogen and oxygen atoms in total. The van der Waals surface area contributed by atoms with E-state index in [1.165, 1.54) is 11.3 Å². The molecule has 1 N–H and O–H groups in total. The number of carbonyl (C=O) groups is 1. The first kappa shape index (κ1) is 17.9. The number of hydrogen-bond acceptors (Lipinski definition) is 3. The molecule has 23 heavy (non-hydrogen) atoms. The molecule has 0 saturated carbocycles. The third kappa shape index (κ3) is 5.94. The summed E-state index contributed by atoms with van der Waals surface area (Å²) >= 11 is 13.2. The Morgan fingerprint density at radius 1 is 1.22 bits per heavy atom. The number of rotatable bonds is 7. The van der Waals surface area contributed by atoms with Crippen molar-refractivity contribution in [1.29, 1.82) is 0 Å². The monoisotopic (exact) mass is 372 g/mol. The van der Waals surface area contributed by atoms with Gasteiger partial charge in [0.2, 0.25) is 0 Å². The second kappa shape index (κ2) is 9.01. The van der Waals surface area contributed by atoms with Crippen molar-refractivity contribution in [2.45, 2.75) is 13.5 Å². The fourth-order valence-electron chi connectivity index (χ4n) is 1.92. The van der Waals surface area contributed by atoms with Gasteiger partial charge in [-0.25, -0.2) is 4.79 Å². The number of halogens is 2. The number of carbonyl (C=O) groups excluding carboxylic acids is 1. The van der Waals surface area contributed by atoms with E-state index in [4.69, 9.17) is 27.9 Å². The summed E-state index contributed by atoms with van der Waals surface area (Å²) in [5.74, 6) is 0.726. The summed E-state index contributed by atoms with van der Waals surface area (Å²) in [5, 5.41) is 3.51. The Bertz CT molecular complexity index is 631. The molecule has 0 aliphatic rings. The number of benzene rings is 1. The minimum absolute atomic E-state index is 0.114. The van der Waals surface area contributed by atoms with Crippen LogP contribution < -0.4 is 10.1 Å². The van der Waals surface area contributed by atoms with E-state index < -0.39 is 0 Å². The first-order valence-corrected chi connectivity index (χ1v) is 8.81. The molecule has 2 rings (SSSR count). The molecular formula is C16H18Cl2N2O2S. The lowest BCUT2D eigenvalue weighted by Crippen LogP contribution is -2.40. The van der Waals surface area contributed by atoms with Crippen molar-refractivity contribution < 1.29 is 9.53 Å². The normalized spacial score (nSPS) is 10.4. The molecule has 124 valence electrons. The molecule has 2 aromatic rings. The van der Waals surface area contributed by atoms with Crippen molar-refractivity contribution in [3.63, 3.8) is 0 Å². The molecule has 0 aliphatic heterocycles. The van der Waals surface area contributed by atoms with E-state index in [1.807, 2.05) is 19.1 Å². The molecule has 0 fully saturated rings. The first-order valence-electron chi connectivity index (χ1n) is 7.24. The number of ether oxygens (including phenoxy) is 1. The summed E-state index contributed by atoms with van der Waals surface area (Å²) in [4.78, 5) is 14.9. The van der Waals surface area contributed by atoms with Gasteiger partial charge in [-0.15, -0.1) is 11.3 Å². The lowest BCUT2D eigenvalue weighted by Gasteiger charge is -2.20. The fourth-order valence-corrected chi connectivity index (χ4v) is 3.15. The van der Waals surface area contributed by atoms with Gasteiger partial charge in [0, 0.05) is 16.4 Å². The van der Waals surface area contributed by atoms with Crippen LogP contribution in [0.3, 0.4) is 0 Å². The van der Waals surface area contributed by atoms with Crippen LogP contribution >= 0.6 is 34.5 Å². The Kier molecular flexibility index (Phi) is 7.02. The highest BCUT2D eigenvalue weighted by atomic mass is 35.5. The van der Waals surface area contributed by atoms with Crippen molar-refractivity contribution in [3.8, 4) is 5.75 Å². The molecule has 1 aromatic carbocycles. The fraction of sp³-hybridized carbons (Fsp3) is 0.312. The summed E-state index contributed by atoms with van der Waals surface area (Å²) < 4.78 is 6.27. The Balaban J connectivity index is 1.73. The largest absolute Gasteiger partial charge is 0.492 e. The second-order valence-corrected chi connectivity index (χ2v) is 6.99. The van der Waals surface area contributed by atoms with E-state index in [1.54, 1.807) is 29.2 Å². The molecule has 7 heteroatoms. The van der Waals surface area contributed by atoms with E-state index in [-0.39, 0.29) is 6.03 Å². The molecule has 1 heterocycles. The Labute approximate surface area is 150 Å². The molecular weight excluding hydrogens is 355 g/mol. The van der Waals surface area contributed by atoms with Gasteiger partial charge in [-0.05, 0) is 43.3 Å². The molecule has 0 spiro atoms. The van der Waals surface area contributed by atoms with Crippen LogP contribution in [0.4, 0.5) is 4.79 Å². The zero-order valence-corrected chi connectivity index (χ0v) is 15.0. The minimum atomic E-state index is -0.114. The summed E-state index contributed by atoms with van der Waals surface area (Å²) in [5.41, 5.74) is 0. The van der Waals surface area contributed by atoms with Gasteiger partial charge in [0.15, 0.2) is 0 Å². The number of urea groups is 1. The first-order chi connectivity index (χ1) is 11.1. The standard InChI is InChI=1S/C16H18Cl2N2O2S/c1-2-20(11-14-7-8-15(18)23-14)16(21)19-9-10-22-13-5-3-12(17)4-6-13/h3-8H,2,9-11H2,1H3,(H,19,21). The highest BCUT2D eigenvalue weighted by molar-refractivity contribution is 7.16. The van der Waals surface area contributed by atoms with Crippen LogP contribution in [0, 0.1) is 0 Å². The summed E-state index contributed by atoms with van der Waals surface area (Å²) in [6.07, 6.45) is 0. The predicted octanol–water partition coefficient (Wildman–Crippen LogP) is 4.67. The molecule has 0 bridgehead atoms. The van der Waals surface area contributed by atoms with Gasteiger partial charge < -0.3 is 15.0 Å². The average Bonchev–Trinajstić information content (AvgIpc) is 2.96. The quantitative estimate of drug-likeness (QED) is 0.717. The van der Waals surface area contributed by atoms with Gasteiger partial charge in [0.05, 0.1) is 17.4 Å². The topological polar surface area (TPSA) is 41.6 Å². The van der Waals surface area contributed by atoms with E-state index >= 15 is 0 Å². The van der Waals surface area contributed by atoms with Gasteiger partial charge in [0.25, 0.3) is 0 Å². The third-order valence-corrected chi connectivity index (χ3v) is 4.57. The van der Waals surface area contributed by atoms with E-state index in [0.717, 1.165) is 15.0 Å². The molecule has 1 aromatic heterocycles. The molecule has 0 radical (unpaired) electrons. The Morgan fingerprint density at radius 3 is 2.57 bits per heavy atom. The molecule has 2 amide bonds. The van der Waals surface area contributed by atoms with Crippen molar-refractivity contribution in [2.75, 3.05) is 19.7 Å². The van der Waals surface area contributed by atoms with Crippen LogP contribution in [0.2, 0.25) is 9.36 Å². The van der Waals surface area contributed by atoms with E-state index in [0.29, 0.717) is 31.3 Å². The van der Waals surface area contributed by atoms with Crippen LogP contribution in [0.5, 0.6) is 5.75 Å². The number of thiophene rings is 1. The number of hydrogen-bond donors (Lipinski definition) is 1. The SMILES string of the molecule is CCN(Cc1ccc(Cl)s1)C(=O)NCCOc1ccc(Cl)cc1. The Morgan fingerprint density at radius 2 is 1.96 bits per heavy atom. The minimum Gasteiger partial charge on any atom is -0.492 e. The van der Waals surface area contributed by atoms with Crippen LogP contribution in [0.15, 0.2) is 36.4 Å². The molecule has 0 atom stereocenters. The number of amides is 2. The molecule has 0 unspecified atom stereocenters. The lowest BCUT2D eigenvalue weighted by molar-refractivity contribution is 0.195. The van der Waals surface area contributed by atoms with Crippen LogP contribution in [-0.2, 0) is 6.54 Å². The van der Waals surface area contributed by atoms with Crippen LogP contribution in [-0.4, -0.2) is 30.6 Å². The van der Waals surface area contributed by atoms with Crippen molar-refractivity contribution in [2.24, 2.45) is 0 Å². The zero-order chi connectivity index (χ0) is 16.7. The van der Waals surface area contributed by atoms with Gasteiger partial charge in [-0.1, -0.05) is 23.2 Å². The lowest BCUT2D eigenvalue weighted by atomic mass is 10.3. The predicted molar refractivity (Wildman–Crippen MR) is 95.8 cm³/mol. The van der Waals surface area contributed by atoms with Crippen LogP contribution in [0.1, 0.15) is 11.8 Å². The molecule has 0 aliphatic carbocycles. The van der Waals surface area contributed by atoms with Crippen molar-refractivity contribution in [1.82, 2.24) is 10.2 Å². The van der Waals surface area contributed by atoms with Gasteiger partial charge >= 0.3 is 6.03 Å². The van der Waals surface area contributed by atoms with Crippen LogP contribution in [0.25, 0.3) is 0 Å². The zero-order valence-electron chi connectivity index (χ0n) is 12.7. The highest BCUT2D eigenvalue weighted by Crippen LogP contribution is 2.22. The average molecular weight is 373 g/mol. The molecule has 0 saturated heterocycles. The number of nitrogens with one attached hydrogen (secondary N) is 1. The maximum absolute atomic E-state index is 12.2. The number of nitrogens with zero attached hydrogens (tertiary/aromatic N) is 1. The maximum atomic E-state index is 12.2. The van der Waals surface area contributed by atoms with Gasteiger partial charge in [0.1, 0.15) is 12.4 Å². The van der Waals surface area contributed by atoms with E-state index in [2.05, 4.69) is 5.32 Å². The smallest absolute Gasteiger partial charge is 0.317 e. The highest BCUT2D eigenvalue weighted by Gasteiger charge is 2.12. The maximum Gasteiger partial charge on any atom is 0.317 e. The van der Waals surface area contributed by atoms with Crippen molar-refractivity contribution >= 4 is 40.6 Å². The summed E-state index contributed by atoms with van der Waals surface area (Å²) in [7, 11) is 0. The van der Waals surface area contributed by atoms with E-state index in [9.17, 15) is 4.79 Å². The summed E-state index contributed by atoms with van der Waals surface area (Å²) in [6, 6.07) is 10.8. The third-order valence-electron chi connectivity index (χ3n) is 3.11. The van der Waals surface area contributed by atoms with Crippen molar-refractivity contribution in [3.05, 3.63) is 50.6 Å². The van der Waals surface area contributed by atoms with Gasteiger partial charge in [-0.2, -0.15) is 0 Å². The Hall–Kier alpha value is -1.43.